The maximum Gasteiger partial charge on any atom is 0.197 e. The number of fused-ring (bicyclic) bond motifs is 2. The Morgan fingerprint density at radius 2 is 1.04 bits per heavy atom. The summed E-state index contributed by atoms with van der Waals surface area (Å²) >= 11 is 0. The van der Waals surface area contributed by atoms with Crippen molar-refractivity contribution < 1.29 is 38.0 Å². The van der Waals surface area contributed by atoms with E-state index in [2.05, 4.69) is 48.2 Å². The number of nitrogens with zero attached hydrogens (tertiary/aromatic N) is 2. The predicted octanol–water partition coefficient (Wildman–Crippen LogP) is 5.96. The number of benzene rings is 2. The van der Waals surface area contributed by atoms with Gasteiger partial charge in [-0.1, -0.05) is 12.1 Å². The normalized spacial score (nSPS) is 29.8. The molecule has 4 bridgehead atoms. The Hall–Kier alpha value is -4.02. The smallest absolute Gasteiger partial charge is 0.197 e. The van der Waals surface area contributed by atoms with Gasteiger partial charge in [0.05, 0.1) is 41.7 Å². The van der Waals surface area contributed by atoms with Crippen molar-refractivity contribution in [1.82, 2.24) is 9.80 Å². The van der Waals surface area contributed by atoms with Crippen LogP contribution in [0.4, 0.5) is 0 Å². The minimum absolute atomic E-state index is 0.0637. The van der Waals surface area contributed by atoms with Gasteiger partial charge in [0.2, 0.25) is 0 Å². The molecule has 0 aromatic heterocycles. The lowest BCUT2D eigenvalue weighted by molar-refractivity contribution is -0.123. The van der Waals surface area contributed by atoms with E-state index in [1.54, 1.807) is 28.4 Å². The average molecular weight is 741 g/mol. The van der Waals surface area contributed by atoms with Crippen LogP contribution < -0.4 is 18.9 Å². The maximum atomic E-state index is 13.4. The molecule has 0 unspecified atom stereocenters. The SMILES string of the molecule is COC1=C[C@@H]2[C@@H]3Cc4ccc(OC)c(OCCCCCCOc5c(OC)ccc6c5[C@@]57CCN(C)[C@@H](C6)[C@H]5C=C(OC)C(=O)C7)c4[C@]2(CCN3C)CC1=O. The molecule has 0 radical (unpaired) electrons. The van der Waals surface area contributed by atoms with Crippen molar-refractivity contribution in [3.63, 3.8) is 0 Å². The number of hydrogen-bond donors (Lipinski definition) is 0. The van der Waals surface area contributed by atoms with E-state index in [1.165, 1.54) is 11.1 Å². The van der Waals surface area contributed by atoms with Crippen molar-refractivity contribution in [3.05, 3.63) is 70.2 Å². The molecule has 2 heterocycles. The van der Waals surface area contributed by atoms with Gasteiger partial charge in [-0.2, -0.15) is 0 Å². The summed E-state index contributed by atoms with van der Waals surface area (Å²) in [5, 5.41) is 0. The van der Waals surface area contributed by atoms with Crippen LogP contribution in [0.25, 0.3) is 0 Å². The van der Waals surface area contributed by atoms with Gasteiger partial charge in [-0.05, 0) is 114 Å². The average Bonchev–Trinajstić information content (AvgIpc) is 3.17. The maximum absolute atomic E-state index is 13.4. The number of piperidine rings is 2. The van der Waals surface area contributed by atoms with Gasteiger partial charge in [0.25, 0.3) is 0 Å². The zero-order chi connectivity index (χ0) is 37.8. The first-order valence-corrected chi connectivity index (χ1v) is 19.8. The van der Waals surface area contributed by atoms with Gasteiger partial charge in [0, 0.05) is 58.7 Å². The Labute approximate surface area is 319 Å². The first-order valence-electron chi connectivity index (χ1n) is 19.8. The first-order chi connectivity index (χ1) is 26.2. The number of likely N-dealkylation sites (N-methyl/N-ethyl adjacent to an activating group) is 2. The molecule has 0 spiro atoms. The molecule has 2 aromatic carbocycles. The van der Waals surface area contributed by atoms with Crippen LogP contribution in [-0.2, 0) is 42.7 Å². The van der Waals surface area contributed by atoms with Crippen LogP contribution in [0.1, 0.15) is 73.6 Å². The molecule has 8 rings (SSSR count). The molecule has 2 aromatic rings. The number of allylic oxidation sites excluding steroid dienone is 2. The quantitative estimate of drug-likeness (QED) is 0.229. The number of likely N-dealkylation sites (tertiary alicyclic amines) is 2. The van der Waals surface area contributed by atoms with Crippen LogP contribution in [0.5, 0.6) is 23.0 Å². The second kappa shape index (κ2) is 14.6. The Morgan fingerprint density at radius 3 is 1.43 bits per heavy atom. The molecule has 0 amide bonds. The third-order valence-electron chi connectivity index (χ3n) is 13.9. The summed E-state index contributed by atoms with van der Waals surface area (Å²) in [6.45, 7) is 3.00. The standard InChI is InChI=1S/C44H56N2O8/c1-45-17-15-43-25-33(47)37(51-5)23-29(43)31(45)21-27-11-13-35(49-3)41(39(27)43)53-19-9-7-8-10-20-54-42-36(50-4)14-12-28-22-32-30-24-38(52-6)34(48)26-44(30,40(28)42)16-18-46(32)2/h11-14,23-24,29-32H,7-10,15-22,25-26H2,1-6H3/t29-,30-,31+,32+,43-,44-/m1/s1. The van der Waals surface area contributed by atoms with E-state index in [-0.39, 0.29) is 34.2 Å². The highest BCUT2D eigenvalue weighted by Crippen LogP contribution is 2.59. The summed E-state index contributed by atoms with van der Waals surface area (Å²) < 4.78 is 36.2. The molecular formula is C44H56N2O8. The van der Waals surface area contributed by atoms with Crippen LogP contribution in [0.15, 0.2) is 47.9 Å². The van der Waals surface area contributed by atoms with E-state index in [0.717, 1.165) is 98.6 Å². The summed E-state index contributed by atoms with van der Waals surface area (Å²) in [6, 6.07) is 9.02. The third kappa shape index (κ3) is 5.81. The van der Waals surface area contributed by atoms with Crippen LogP contribution in [0, 0.1) is 11.8 Å². The molecular weight excluding hydrogens is 684 g/mol. The van der Waals surface area contributed by atoms with E-state index < -0.39 is 0 Å². The summed E-state index contributed by atoms with van der Waals surface area (Å²) in [6.07, 6.45) is 12.4. The minimum Gasteiger partial charge on any atom is -0.493 e. The molecule has 2 fully saturated rings. The Bertz CT molecular complexity index is 1740. The molecule has 54 heavy (non-hydrogen) atoms. The summed E-state index contributed by atoms with van der Waals surface area (Å²) in [4.78, 5) is 31.6. The molecule has 10 nitrogen and oxygen atoms in total. The number of rotatable bonds is 13. The van der Waals surface area contributed by atoms with Crippen LogP contribution >= 0.6 is 0 Å². The Kier molecular flexibility index (Phi) is 9.96. The fourth-order valence-electron chi connectivity index (χ4n) is 11.2. The van der Waals surface area contributed by atoms with Gasteiger partial charge in [-0.3, -0.25) is 9.59 Å². The van der Waals surface area contributed by atoms with E-state index in [1.807, 2.05) is 12.1 Å². The predicted molar refractivity (Wildman–Crippen MR) is 205 cm³/mol. The van der Waals surface area contributed by atoms with E-state index in [9.17, 15) is 9.59 Å². The highest BCUT2D eigenvalue weighted by molar-refractivity contribution is 5.97. The number of ether oxygens (including phenoxy) is 6. The fraction of sp³-hybridized carbons (Fsp3) is 0.591. The zero-order valence-electron chi connectivity index (χ0n) is 32.8. The molecule has 6 atom stereocenters. The lowest BCUT2D eigenvalue weighted by Crippen LogP contribution is -2.60. The summed E-state index contributed by atoms with van der Waals surface area (Å²) in [5.41, 5.74) is 4.18. The lowest BCUT2D eigenvalue weighted by atomic mass is 9.53. The molecule has 6 aliphatic rings. The highest BCUT2D eigenvalue weighted by Gasteiger charge is 2.58. The van der Waals surface area contributed by atoms with E-state index in [4.69, 9.17) is 28.4 Å². The first kappa shape index (κ1) is 36.9. The Morgan fingerprint density at radius 1 is 0.611 bits per heavy atom. The van der Waals surface area contributed by atoms with Gasteiger partial charge < -0.3 is 38.2 Å². The third-order valence-corrected chi connectivity index (χ3v) is 13.9. The van der Waals surface area contributed by atoms with Crippen molar-refractivity contribution in [3.8, 4) is 23.0 Å². The monoisotopic (exact) mass is 740 g/mol. The molecule has 290 valence electrons. The minimum atomic E-state index is -0.329. The highest BCUT2D eigenvalue weighted by atomic mass is 16.5. The van der Waals surface area contributed by atoms with Crippen molar-refractivity contribution in [2.45, 2.75) is 87.1 Å². The van der Waals surface area contributed by atoms with Crippen LogP contribution in [0.2, 0.25) is 0 Å². The van der Waals surface area contributed by atoms with Crippen molar-refractivity contribution in [2.75, 3.05) is 68.8 Å². The second-order valence-electron chi connectivity index (χ2n) is 16.4. The number of unbranched alkanes of at least 4 members (excludes halogenated alkanes) is 3. The van der Waals surface area contributed by atoms with Gasteiger partial charge in [-0.25, -0.2) is 0 Å². The van der Waals surface area contributed by atoms with Gasteiger partial charge in [-0.15, -0.1) is 0 Å². The van der Waals surface area contributed by atoms with Crippen molar-refractivity contribution >= 4 is 11.6 Å². The molecule has 10 heteroatoms. The van der Waals surface area contributed by atoms with Crippen LogP contribution in [0.3, 0.4) is 0 Å². The van der Waals surface area contributed by atoms with E-state index in [0.29, 0.717) is 49.7 Å². The number of carbonyl (C=O) groups is 2. The van der Waals surface area contributed by atoms with Crippen molar-refractivity contribution in [2.24, 2.45) is 11.8 Å². The molecule has 0 N–H and O–H groups in total. The van der Waals surface area contributed by atoms with Gasteiger partial charge in [0.15, 0.2) is 46.1 Å². The van der Waals surface area contributed by atoms with Gasteiger partial charge in [0.1, 0.15) is 0 Å². The topological polar surface area (TPSA) is 96.0 Å². The lowest BCUT2D eigenvalue weighted by Gasteiger charge is -2.56. The number of hydrogen-bond acceptors (Lipinski definition) is 10. The molecule has 2 saturated heterocycles. The molecule has 0 saturated carbocycles. The zero-order valence-corrected chi connectivity index (χ0v) is 32.8. The summed E-state index contributed by atoms with van der Waals surface area (Å²) in [5.74, 6) is 4.51. The number of carbonyl (C=O) groups excluding carboxylic acids is 2. The Balaban J connectivity index is 0.938. The summed E-state index contributed by atoms with van der Waals surface area (Å²) in [7, 11) is 11.0. The molecule has 4 aliphatic carbocycles. The number of methoxy groups -OCH3 is 4. The van der Waals surface area contributed by atoms with Crippen molar-refractivity contribution in [1.29, 1.82) is 0 Å². The van der Waals surface area contributed by atoms with Gasteiger partial charge >= 0.3 is 0 Å². The largest absolute Gasteiger partial charge is 0.493 e. The van der Waals surface area contributed by atoms with Crippen LogP contribution in [-0.4, -0.2) is 102 Å². The van der Waals surface area contributed by atoms with E-state index >= 15 is 0 Å². The fourth-order valence-corrected chi connectivity index (χ4v) is 11.2. The molecule has 2 aliphatic heterocycles. The number of ketones is 2. The second-order valence-corrected chi connectivity index (χ2v) is 16.4. The number of Topliss-reactive ketones (excluding diaryl/α,β-unsaturated/α-hetero) is 2.